The van der Waals surface area contributed by atoms with Crippen LogP contribution in [0.15, 0.2) is 18.2 Å². The lowest BCUT2D eigenvalue weighted by Crippen LogP contribution is -2.25. The first-order valence-corrected chi connectivity index (χ1v) is 6.96. The smallest absolute Gasteiger partial charge is 0.338 e. The number of methoxy groups -OCH3 is 1. The molecule has 25 heavy (non-hydrogen) atoms. The molecule has 1 atom stereocenters. The van der Waals surface area contributed by atoms with E-state index in [4.69, 9.17) is 9.47 Å². The molecule has 0 fully saturated rings. The van der Waals surface area contributed by atoms with Crippen LogP contribution in [0.1, 0.15) is 23.2 Å². The van der Waals surface area contributed by atoms with Crippen molar-refractivity contribution in [1.82, 2.24) is 0 Å². The molecule has 138 valence electrons. The molecule has 0 radical (unpaired) electrons. The van der Waals surface area contributed by atoms with E-state index >= 15 is 0 Å². The molecule has 1 aromatic carbocycles. The lowest BCUT2D eigenvalue weighted by molar-refractivity contribution is -0.790. The maximum atomic E-state index is 11.8. The second-order valence-corrected chi connectivity index (χ2v) is 4.64. The number of aromatic hydroxyl groups is 1. The highest BCUT2D eigenvalue weighted by Crippen LogP contribution is 2.26. The number of hydrogen-bond acceptors (Lipinski definition) is 10. The summed E-state index contributed by atoms with van der Waals surface area (Å²) in [5.41, 5.74) is 0.143. The monoisotopic (exact) mass is 360 g/mol. The van der Waals surface area contributed by atoms with Gasteiger partial charge in [-0.2, -0.15) is 0 Å². The van der Waals surface area contributed by atoms with Crippen molar-refractivity contribution in [2.45, 2.75) is 18.9 Å². The van der Waals surface area contributed by atoms with E-state index in [1.807, 2.05) is 0 Å². The Hall–Kier alpha value is -3.31. The zero-order chi connectivity index (χ0) is 18.8. The van der Waals surface area contributed by atoms with E-state index in [1.54, 1.807) is 0 Å². The summed E-state index contributed by atoms with van der Waals surface area (Å²) < 4.78 is 9.84. The topological polar surface area (TPSA) is 160 Å². The number of esters is 1. The Bertz CT molecular complexity index is 621. The summed E-state index contributed by atoms with van der Waals surface area (Å²) in [6, 6.07) is 3.90. The van der Waals surface area contributed by atoms with Gasteiger partial charge in [0.25, 0.3) is 10.2 Å². The summed E-state index contributed by atoms with van der Waals surface area (Å²) in [5, 5.41) is 27.7. The van der Waals surface area contributed by atoms with Crippen molar-refractivity contribution >= 4 is 5.97 Å². The molecule has 0 amide bonds. The van der Waals surface area contributed by atoms with Crippen LogP contribution in [0.2, 0.25) is 0 Å². The Balaban J connectivity index is 2.45. The van der Waals surface area contributed by atoms with Gasteiger partial charge in [0.15, 0.2) is 11.5 Å². The molecule has 0 aliphatic rings. The number of carbonyl (C=O) groups is 1. The number of phenols is 1. The molecule has 0 aliphatic carbocycles. The number of phenolic OH excluding ortho intramolecular Hbond substituents is 1. The lowest BCUT2D eigenvalue weighted by atomic mass is 10.2. The maximum absolute atomic E-state index is 11.8. The van der Waals surface area contributed by atoms with Crippen molar-refractivity contribution in [3.8, 4) is 11.5 Å². The largest absolute Gasteiger partial charge is 0.504 e. The van der Waals surface area contributed by atoms with Crippen molar-refractivity contribution < 1.29 is 39.2 Å². The van der Waals surface area contributed by atoms with Crippen molar-refractivity contribution in [2.75, 3.05) is 20.3 Å². The van der Waals surface area contributed by atoms with Crippen LogP contribution in [0.5, 0.6) is 11.5 Å². The molecule has 0 heterocycles. The Morgan fingerprint density at radius 1 is 1.28 bits per heavy atom. The number of carbonyl (C=O) groups excluding carboxylic acids is 1. The van der Waals surface area contributed by atoms with Crippen LogP contribution in [0, 0.1) is 20.2 Å². The molecule has 0 aliphatic heterocycles. The molecule has 1 N–H and O–H groups in total. The highest BCUT2D eigenvalue weighted by Gasteiger charge is 2.16. The first kappa shape index (κ1) is 19.7. The molecular weight excluding hydrogens is 344 g/mol. The van der Waals surface area contributed by atoms with Crippen LogP contribution in [-0.2, 0) is 14.4 Å². The highest BCUT2D eigenvalue weighted by molar-refractivity contribution is 5.90. The van der Waals surface area contributed by atoms with Crippen molar-refractivity contribution in [3.63, 3.8) is 0 Å². The molecule has 0 saturated carbocycles. The van der Waals surface area contributed by atoms with Crippen LogP contribution in [0.25, 0.3) is 0 Å². The average molecular weight is 360 g/mol. The van der Waals surface area contributed by atoms with E-state index in [2.05, 4.69) is 9.68 Å². The van der Waals surface area contributed by atoms with Gasteiger partial charge in [-0.05, 0) is 31.0 Å². The summed E-state index contributed by atoms with van der Waals surface area (Å²) in [6.07, 6.45) is -1.01. The van der Waals surface area contributed by atoms with Crippen LogP contribution in [-0.4, -0.2) is 47.7 Å². The van der Waals surface area contributed by atoms with Gasteiger partial charge in [0, 0.05) is 0 Å². The Labute approximate surface area is 141 Å². The molecule has 1 rings (SSSR count). The third kappa shape index (κ3) is 7.20. The molecule has 0 saturated heterocycles. The summed E-state index contributed by atoms with van der Waals surface area (Å²) >= 11 is 0. The minimum atomic E-state index is -1.16. The van der Waals surface area contributed by atoms with Crippen LogP contribution in [0.4, 0.5) is 0 Å². The number of ether oxygens (including phenoxy) is 2. The molecule has 0 bridgehead atoms. The van der Waals surface area contributed by atoms with Crippen molar-refractivity contribution in [1.29, 1.82) is 0 Å². The maximum Gasteiger partial charge on any atom is 0.338 e. The number of hydrogen-bond donors (Lipinski definition) is 1. The van der Waals surface area contributed by atoms with Gasteiger partial charge in [0.2, 0.25) is 0 Å². The molecule has 0 aromatic heterocycles. The zero-order valence-corrected chi connectivity index (χ0v) is 13.2. The van der Waals surface area contributed by atoms with Gasteiger partial charge in [-0.1, -0.05) is 0 Å². The van der Waals surface area contributed by atoms with E-state index < -0.39 is 28.9 Å². The highest BCUT2D eigenvalue weighted by atomic mass is 17.0. The van der Waals surface area contributed by atoms with Gasteiger partial charge in [0.1, 0.15) is 12.7 Å². The lowest BCUT2D eigenvalue weighted by Gasteiger charge is -2.13. The molecule has 1 aromatic rings. The molecular formula is C13H16N2O10. The first-order valence-electron chi connectivity index (χ1n) is 6.96. The minimum absolute atomic E-state index is 0.000991. The van der Waals surface area contributed by atoms with Gasteiger partial charge in [-0.25, -0.2) is 4.79 Å². The third-order valence-corrected chi connectivity index (χ3v) is 2.92. The van der Waals surface area contributed by atoms with Gasteiger partial charge in [-0.3, -0.25) is 0 Å². The summed E-state index contributed by atoms with van der Waals surface area (Å²) in [5.74, 6) is -0.720. The number of rotatable bonds is 11. The van der Waals surface area contributed by atoms with Crippen LogP contribution < -0.4 is 4.74 Å². The SMILES string of the molecule is COc1cc(C(=O)OCCCC(CO[N+](=O)[O-])O[N+](=O)[O-])ccc1O. The van der Waals surface area contributed by atoms with Crippen LogP contribution >= 0.6 is 0 Å². The van der Waals surface area contributed by atoms with E-state index in [9.17, 15) is 30.1 Å². The number of nitrogens with zero attached hydrogens (tertiary/aromatic N) is 2. The van der Waals surface area contributed by atoms with Gasteiger partial charge in [-0.15, -0.1) is 20.2 Å². The fourth-order valence-electron chi connectivity index (χ4n) is 1.80. The van der Waals surface area contributed by atoms with Gasteiger partial charge in [0.05, 0.1) is 19.3 Å². The third-order valence-electron chi connectivity index (χ3n) is 2.92. The average Bonchev–Trinajstić information content (AvgIpc) is 2.55. The summed E-state index contributed by atoms with van der Waals surface area (Å²) in [4.78, 5) is 40.5. The van der Waals surface area contributed by atoms with E-state index in [-0.39, 0.29) is 36.5 Å². The van der Waals surface area contributed by atoms with E-state index in [0.29, 0.717) is 0 Å². The van der Waals surface area contributed by atoms with Gasteiger partial charge < -0.3 is 24.3 Å². The predicted octanol–water partition coefficient (Wildman–Crippen LogP) is 1.12. The van der Waals surface area contributed by atoms with E-state index in [0.717, 1.165) is 0 Å². The predicted molar refractivity (Wildman–Crippen MR) is 79.0 cm³/mol. The fraction of sp³-hybridized carbons (Fsp3) is 0.462. The zero-order valence-electron chi connectivity index (χ0n) is 13.2. The van der Waals surface area contributed by atoms with Crippen molar-refractivity contribution in [3.05, 3.63) is 44.0 Å². The molecule has 1 unspecified atom stereocenters. The minimum Gasteiger partial charge on any atom is -0.504 e. The second-order valence-electron chi connectivity index (χ2n) is 4.64. The van der Waals surface area contributed by atoms with E-state index in [1.165, 1.54) is 25.3 Å². The number of benzene rings is 1. The standard InChI is InChI=1S/C13H16N2O10/c1-22-12-7-9(4-5-11(12)16)13(17)23-6-2-3-10(25-15(20)21)8-24-14(18)19/h4-5,7,10,16H,2-3,6,8H2,1H3. The summed E-state index contributed by atoms with van der Waals surface area (Å²) in [7, 11) is 1.33. The second kappa shape index (κ2) is 9.75. The Kier molecular flexibility index (Phi) is 7.69. The Morgan fingerprint density at radius 2 is 2.00 bits per heavy atom. The molecule has 12 heteroatoms. The van der Waals surface area contributed by atoms with Crippen LogP contribution in [0.3, 0.4) is 0 Å². The molecule has 0 spiro atoms. The summed E-state index contributed by atoms with van der Waals surface area (Å²) in [6.45, 7) is -0.713. The quantitative estimate of drug-likeness (QED) is 0.262. The molecule has 12 nitrogen and oxygen atoms in total. The van der Waals surface area contributed by atoms with Crippen molar-refractivity contribution in [2.24, 2.45) is 0 Å². The first-order chi connectivity index (χ1) is 11.8. The normalized spacial score (nSPS) is 11.2. The van der Waals surface area contributed by atoms with Gasteiger partial charge >= 0.3 is 5.97 Å². The fourth-order valence-corrected chi connectivity index (χ4v) is 1.80. The Morgan fingerprint density at radius 3 is 2.60 bits per heavy atom.